The molecule has 0 aliphatic rings. The smallest absolute Gasteiger partial charge is 0.314 e. The van der Waals surface area contributed by atoms with Gasteiger partial charge in [0.05, 0.1) is 0 Å². The average molecular weight is 799 g/mol. The van der Waals surface area contributed by atoms with Crippen molar-refractivity contribution >= 4 is 88.2 Å². The van der Waals surface area contributed by atoms with Gasteiger partial charge in [-0.2, -0.15) is 16.8 Å². The maximum atomic E-state index is 13.2. The molecule has 0 aliphatic heterocycles. The SMILES string of the molecule is Cc1ccc(NC(=O)C(=O)Nc2ccc(C)c(C(=O)Nc3ccc4cc(S(=O)(=O)O)c(O)cc4c3)c2)cc1C(=O)Nc1ccc2cc(S(=O)(=O)O)c(O)cc2c1. The molecule has 6 aromatic carbocycles. The number of anilines is 4. The van der Waals surface area contributed by atoms with Gasteiger partial charge in [-0.3, -0.25) is 28.3 Å². The second-order valence-corrected chi connectivity index (χ2v) is 15.4. The highest BCUT2D eigenvalue weighted by Gasteiger charge is 2.21. The van der Waals surface area contributed by atoms with Crippen LogP contribution >= 0.6 is 0 Å². The number of carbonyl (C=O) groups excluding carboxylic acids is 4. The van der Waals surface area contributed by atoms with Crippen LogP contribution in [0.2, 0.25) is 0 Å². The topological polar surface area (TPSA) is 266 Å². The molecule has 4 amide bonds. The molecule has 16 nitrogen and oxygen atoms in total. The van der Waals surface area contributed by atoms with E-state index in [2.05, 4.69) is 21.3 Å². The number of hydrogen-bond acceptors (Lipinski definition) is 10. The first kappa shape index (κ1) is 38.9. The van der Waals surface area contributed by atoms with E-state index < -0.39 is 65.2 Å². The van der Waals surface area contributed by atoms with E-state index in [9.17, 15) is 55.3 Å². The molecular weight excluding hydrogens is 769 g/mol. The predicted molar refractivity (Wildman–Crippen MR) is 206 cm³/mol. The van der Waals surface area contributed by atoms with Gasteiger partial charge in [0.15, 0.2) is 0 Å². The van der Waals surface area contributed by atoms with Crippen molar-refractivity contribution < 1.29 is 55.3 Å². The van der Waals surface area contributed by atoms with Crippen LogP contribution in [0.5, 0.6) is 11.5 Å². The van der Waals surface area contributed by atoms with Crippen LogP contribution in [-0.2, 0) is 29.8 Å². The van der Waals surface area contributed by atoms with Crippen molar-refractivity contribution in [1.29, 1.82) is 0 Å². The van der Waals surface area contributed by atoms with Crippen LogP contribution in [0.4, 0.5) is 22.7 Å². The molecule has 6 aromatic rings. The van der Waals surface area contributed by atoms with Gasteiger partial charge in [0.25, 0.3) is 32.1 Å². The summed E-state index contributed by atoms with van der Waals surface area (Å²) in [5.74, 6) is -4.68. The summed E-state index contributed by atoms with van der Waals surface area (Å²) in [4.78, 5) is 51.0. The highest BCUT2D eigenvalue weighted by atomic mass is 32.2. The lowest BCUT2D eigenvalue weighted by Gasteiger charge is -2.13. The molecule has 0 heterocycles. The zero-order chi connectivity index (χ0) is 40.7. The van der Waals surface area contributed by atoms with Gasteiger partial charge >= 0.3 is 11.8 Å². The van der Waals surface area contributed by atoms with Gasteiger partial charge in [-0.1, -0.05) is 24.3 Å². The van der Waals surface area contributed by atoms with Crippen LogP contribution in [0.3, 0.4) is 0 Å². The molecule has 6 rings (SSSR count). The lowest BCUT2D eigenvalue weighted by Crippen LogP contribution is -2.29. The Balaban J connectivity index is 1.11. The highest BCUT2D eigenvalue weighted by Crippen LogP contribution is 2.32. The Morgan fingerprint density at radius 3 is 1.14 bits per heavy atom. The van der Waals surface area contributed by atoms with Gasteiger partial charge in [-0.25, -0.2) is 0 Å². The number of aryl methyl sites for hydroxylation is 2. The number of benzene rings is 6. The number of nitrogens with one attached hydrogen (secondary N) is 4. The molecule has 0 saturated heterocycles. The highest BCUT2D eigenvalue weighted by molar-refractivity contribution is 7.86. The molecule has 0 atom stereocenters. The van der Waals surface area contributed by atoms with Crippen LogP contribution in [0.1, 0.15) is 31.8 Å². The van der Waals surface area contributed by atoms with E-state index in [0.29, 0.717) is 32.7 Å². The van der Waals surface area contributed by atoms with Crippen LogP contribution in [0.15, 0.2) is 107 Å². The summed E-state index contributed by atoms with van der Waals surface area (Å²) in [5, 5.41) is 31.9. The Morgan fingerprint density at radius 1 is 0.446 bits per heavy atom. The van der Waals surface area contributed by atoms with E-state index in [1.54, 1.807) is 26.0 Å². The Morgan fingerprint density at radius 2 is 0.786 bits per heavy atom. The quantitative estimate of drug-likeness (QED) is 0.0691. The molecule has 18 heteroatoms. The van der Waals surface area contributed by atoms with Crippen LogP contribution in [0.25, 0.3) is 21.5 Å². The molecule has 0 fully saturated rings. The summed E-state index contributed by atoms with van der Waals surface area (Å²) in [5.41, 5.74) is 2.15. The fraction of sp³-hybridized carbons (Fsp3) is 0.0526. The minimum absolute atomic E-state index is 0.115. The number of fused-ring (bicyclic) bond motifs is 2. The Hall–Kier alpha value is -6.86. The number of rotatable bonds is 8. The van der Waals surface area contributed by atoms with Gasteiger partial charge in [-0.05, 0) is 119 Å². The maximum absolute atomic E-state index is 13.2. The fourth-order valence-corrected chi connectivity index (χ4v) is 6.96. The van der Waals surface area contributed by atoms with Crippen molar-refractivity contribution in [1.82, 2.24) is 0 Å². The molecular formula is C38H30N4O12S2. The van der Waals surface area contributed by atoms with Gasteiger partial charge in [-0.15, -0.1) is 0 Å². The Labute approximate surface area is 318 Å². The molecule has 0 spiro atoms. The van der Waals surface area contributed by atoms with Gasteiger partial charge < -0.3 is 31.5 Å². The zero-order valence-corrected chi connectivity index (χ0v) is 30.7. The summed E-state index contributed by atoms with van der Waals surface area (Å²) in [6.07, 6.45) is 0. The van der Waals surface area contributed by atoms with Crippen LogP contribution in [-0.4, -0.2) is 59.8 Å². The normalized spacial score (nSPS) is 11.6. The second-order valence-electron chi connectivity index (χ2n) is 12.6. The first-order chi connectivity index (χ1) is 26.3. The monoisotopic (exact) mass is 798 g/mol. The third kappa shape index (κ3) is 8.43. The third-order valence-corrected chi connectivity index (χ3v) is 10.4. The van der Waals surface area contributed by atoms with E-state index in [4.69, 9.17) is 0 Å². The Kier molecular flexibility index (Phi) is 10.2. The first-order valence-corrected chi connectivity index (χ1v) is 19.1. The van der Waals surface area contributed by atoms with Crippen LogP contribution < -0.4 is 21.3 Å². The first-order valence-electron chi connectivity index (χ1n) is 16.2. The molecule has 0 aliphatic carbocycles. The molecule has 56 heavy (non-hydrogen) atoms. The minimum Gasteiger partial charge on any atom is -0.506 e. The summed E-state index contributed by atoms with van der Waals surface area (Å²) in [7, 11) is -9.33. The van der Waals surface area contributed by atoms with E-state index in [1.807, 2.05) is 0 Å². The van der Waals surface area contributed by atoms with Crippen molar-refractivity contribution in [2.75, 3.05) is 21.3 Å². The van der Waals surface area contributed by atoms with Crippen molar-refractivity contribution in [3.8, 4) is 11.5 Å². The largest absolute Gasteiger partial charge is 0.506 e. The number of amides is 4. The average Bonchev–Trinajstić information content (AvgIpc) is 3.11. The maximum Gasteiger partial charge on any atom is 0.314 e. The van der Waals surface area contributed by atoms with Crippen molar-refractivity contribution in [3.05, 3.63) is 119 Å². The number of phenols is 2. The van der Waals surface area contributed by atoms with Crippen LogP contribution in [0, 0.1) is 13.8 Å². The number of hydrogen-bond donors (Lipinski definition) is 8. The molecule has 8 N–H and O–H groups in total. The standard InChI is InChI=1S/C38H30N4O12S2/c1-19-3-7-27(17-29(19)35(45)39-25-9-5-21-15-33(55(49,50)51)31(43)13-23(21)11-25)41-37(47)38(48)42-28-8-4-20(2)30(18-28)36(46)40-26-10-6-22-16-34(56(52,53)54)32(44)14-24(22)12-26/h3-18,43-44H,1-2H3,(H,39,45)(H,40,46)(H,41,47)(H,42,48)(H,49,50,51)(H,52,53,54). The molecule has 0 bridgehead atoms. The molecule has 0 unspecified atom stereocenters. The fourth-order valence-electron chi connectivity index (χ4n) is 5.76. The minimum atomic E-state index is -4.67. The van der Waals surface area contributed by atoms with Gasteiger partial charge in [0, 0.05) is 33.9 Å². The molecule has 0 aromatic heterocycles. The Bertz CT molecular complexity index is 2700. The predicted octanol–water partition coefficient (Wildman–Crippen LogP) is 5.60. The van der Waals surface area contributed by atoms with Crippen molar-refractivity contribution in [2.45, 2.75) is 23.6 Å². The lowest BCUT2D eigenvalue weighted by molar-refractivity contribution is -0.132. The molecule has 0 radical (unpaired) electrons. The van der Waals surface area contributed by atoms with Crippen molar-refractivity contribution in [3.63, 3.8) is 0 Å². The second kappa shape index (κ2) is 14.8. The van der Waals surface area contributed by atoms with Gasteiger partial charge in [0.1, 0.15) is 21.3 Å². The summed E-state index contributed by atoms with van der Waals surface area (Å²) >= 11 is 0. The molecule has 286 valence electrons. The lowest BCUT2D eigenvalue weighted by atomic mass is 10.1. The van der Waals surface area contributed by atoms with E-state index in [1.165, 1.54) is 60.7 Å². The summed E-state index contributed by atoms with van der Waals surface area (Å²) in [6, 6.07) is 22.1. The zero-order valence-electron chi connectivity index (χ0n) is 29.1. The molecule has 0 saturated carbocycles. The van der Waals surface area contributed by atoms with Gasteiger partial charge in [0.2, 0.25) is 0 Å². The number of carbonyl (C=O) groups is 4. The van der Waals surface area contributed by atoms with E-state index >= 15 is 0 Å². The van der Waals surface area contributed by atoms with E-state index in [0.717, 1.165) is 24.3 Å². The third-order valence-electron chi connectivity index (χ3n) is 8.59. The number of aromatic hydroxyl groups is 2. The number of phenolic OH excluding ortho intramolecular Hbond substituents is 2. The summed E-state index contributed by atoms with van der Waals surface area (Å²) in [6.45, 7) is 3.31. The van der Waals surface area contributed by atoms with Crippen molar-refractivity contribution in [2.24, 2.45) is 0 Å². The summed E-state index contributed by atoms with van der Waals surface area (Å²) < 4.78 is 64.8. The van der Waals surface area contributed by atoms with E-state index in [-0.39, 0.29) is 33.9 Å².